The molecule has 2 aromatic rings. The van der Waals surface area contributed by atoms with Gasteiger partial charge in [0.25, 0.3) is 0 Å². The molecule has 1 aliphatic rings. The van der Waals surface area contributed by atoms with Crippen molar-refractivity contribution in [1.82, 2.24) is 9.55 Å². The molecule has 7 heteroatoms. The van der Waals surface area contributed by atoms with Gasteiger partial charge in [-0.25, -0.2) is 4.79 Å². The molecule has 2 heterocycles. The van der Waals surface area contributed by atoms with Crippen molar-refractivity contribution in [2.75, 3.05) is 45.7 Å². The number of hydrogen-bond donors (Lipinski definition) is 2. The van der Waals surface area contributed by atoms with Crippen LogP contribution in [0.15, 0.2) is 23.0 Å². The van der Waals surface area contributed by atoms with Gasteiger partial charge in [-0.15, -0.1) is 0 Å². The van der Waals surface area contributed by atoms with Crippen LogP contribution in [0.1, 0.15) is 25.8 Å². The Labute approximate surface area is 166 Å². The number of methoxy groups -OCH3 is 2. The molecule has 0 saturated carbocycles. The van der Waals surface area contributed by atoms with Crippen LogP contribution < -0.4 is 25.4 Å². The lowest BCUT2D eigenvalue weighted by atomic mass is 9.97. The molecule has 152 valence electrons. The summed E-state index contributed by atoms with van der Waals surface area (Å²) in [5.41, 5.74) is 2.81. The van der Waals surface area contributed by atoms with Gasteiger partial charge in [0.1, 0.15) is 5.82 Å². The lowest BCUT2D eigenvalue weighted by Gasteiger charge is -2.23. The Hall–Kier alpha value is -2.54. The van der Waals surface area contributed by atoms with Crippen molar-refractivity contribution in [2.24, 2.45) is 0 Å². The first-order valence-corrected chi connectivity index (χ1v) is 10.1. The van der Waals surface area contributed by atoms with Gasteiger partial charge in [0.05, 0.1) is 39.5 Å². The largest absolute Gasteiger partial charge is 0.493 e. The molecule has 0 aliphatic carbocycles. The first-order valence-electron chi connectivity index (χ1n) is 10.1. The number of benzene rings is 1. The van der Waals surface area contributed by atoms with Gasteiger partial charge < -0.3 is 19.7 Å². The van der Waals surface area contributed by atoms with Gasteiger partial charge in [0.15, 0.2) is 11.5 Å². The van der Waals surface area contributed by atoms with E-state index in [1.165, 1.54) is 0 Å². The highest BCUT2D eigenvalue weighted by Crippen LogP contribution is 2.38. The van der Waals surface area contributed by atoms with E-state index in [0.29, 0.717) is 23.9 Å². The van der Waals surface area contributed by atoms with E-state index in [9.17, 15) is 4.79 Å². The number of nitrogens with zero attached hydrogens (tertiary/aromatic N) is 2. The van der Waals surface area contributed by atoms with Crippen LogP contribution in [0.5, 0.6) is 11.5 Å². The fourth-order valence-corrected chi connectivity index (χ4v) is 3.79. The van der Waals surface area contributed by atoms with Crippen molar-refractivity contribution < 1.29 is 14.4 Å². The summed E-state index contributed by atoms with van der Waals surface area (Å²) in [4.78, 5) is 18.4. The van der Waals surface area contributed by atoms with Gasteiger partial charge in [-0.1, -0.05) is 0 Å². The molecule has 1 aromatic carbocycles. The maximum absolute atomic E-state index is 12.6. The third-order valence-electron chi connectivity index (χ3n) is 5.51. The Morgan fingerprint density at radius 1 is 1.14 bits per heavy atom. The number of rotatable bonds is 9. The van der Waals surface area contributed by atoms with E-state index in [-0.39, 0.29) is 5.69 Å². The predicted molar refractivity (Wildman–Crippen MR) is 111 cm³/mol. The zero-order valence-electron chi connectivity index (χ0n) is 17.3. The summed E-state index contributed by atoms with van der Waals surface area (Å²) in [5.74, 6) is 2.01. The summed E-state index contributed by atoms with van der Waals surface area (Å²) in [5, 5.41) is 3.33. The van der Waals surface area contributed by atoms with Crippen molar-refractivity contribution in [3.8, 4) is 22.8 Å². The summed E-state index contributed by atoms with van der Waals surface area (Å²) in [6.07, 6.45) is 1.81. The van der Waals surface area contributed by atoms with Crippen molar-refractivity contribution in [3.05, 3.63) is 34.2 Å². The van der Waals surface area contributed by atoms with Crippen molar-refractivity contribution in [2.45, 2.75) is 33.2 Å². The lowest BCUT2D eigenvalue weighted by Crippen LogP contribution is -3.11. The monoisotopic (exact) mass is 387 g/mol. The summed E-state index contributed by atoms with van der Waals surface area (Å²) >= 11 is 0. The summed E-state index contributed by atoms with van der Waals surface area (Å²) in [7, 11) is 3.26. The van der Waals surface area contributed by atoms with Crippen molar-refractivity contribution in [3.63, 3.8) is 0 Å². The molecule has 0 atom stereocenters. The Morgan fingerprint density at radius 3 is 2.54 bits per heavy atom. The maximum Gasteiger partial charge on any atom is 0.349 e. The highest BCUT2D eigenvalue weighted by Gasteiger charge is 2.21. The minimum atomic E-state index is -0.213. The molecule has 0 unspecified atom stereocenters. The molecule has 2 N–H and O–H groups in total. The maximum atomic E-state index is 12.6. The molecule has 0 bridgehead atoms. The number of anilines is 1. The van der Waals surface area contributed by atoms with Gasteiger partial charge in [-0.05, 0) is 38.0 Å². The number of aryl methyl sites for hydroxylation is 1. The average molecular weight is 388 g/mol. The first-order chi connectivity index (χ1) is 13.6. The number of aromatic nitrogens is 2. The van der Waals surface area contributed by atoms with Gasteiger partial charge in [0.2, 0.25) is 0 Å². The molecular formula is C21H31N4O3+. The molecule has 28 heavy (non-hydrogen) atoms. The summed E-state index contributed by atoms with van der Waals surface area (Å²) in [6, 6.07) is 5.92. The van der Waals surface area contributed by atoms with Crippen LogP contribution in [-0.2, 0) is 13.0 Å². The van der Waals surface area contributed by atoms with E-state index < -0.39 is 0 Å². The quantitative estimate of drug-likeness (QED) is 0.633. The molecule has 1 aliphatic heterocycles. The second-order valence-corrected chi connectivity index (χ2v) is 7.06. The lowest BCUT2D eigenvalue weighted by molar-refractivity contribution is -0.896. The van der Waals surface area contributed by atoms with Crippen LogP contribution in [0.3, 0.4) is 0 Å². The van der Waals surface area contributed by atoms with Crippen LogP contribution in [0, 0.1) is 0 Å². The zero-order valence-corrected chi connectivity index (χ0v) is 17.3. The summed E-state index contributed by atoms with van der Waals surface area (Å²) < 4.78 is 12.6. The van der Waals surface area contributed by atoms with E-state index in [1.807, 2.05) is 18.2 Å². The second-order valence-electron chi connectivity index (χ2n) is 7.06. The fraction of sp³-hybridized carbons (Fsp3) is 0.524. The first kappa shape index (κ1) is 20.2. The normalized spacial score (nSPS) is 12.5. The Morgan fingerprint density at radius 2 is 1.86 bits per heavy atom. The average Bonchev–Trinajstić information content (AvgIpc) is 2.72. The topological polar surface area (TPSA) is 69.8 Å². The third kappa shape index (κ3) is 4.14. The zero-order chi connectivity index (χ0) is 20.1. The molecule has 7 nitrogen and oxygen atoms in total. The van der Waals surface area contributed by atoms with Crippen LogP contribution in [0.25, 0.3) is 11.3 Å². The molecule has 0 saturated heterocycles. The molecule has 0 radical (unpaired) electrons. The van der Waals surface area contributed by atoms with E-state index in [4.69, 9.17) is 9.47 Å². The van der Waals surface area contributed by atoms with Crippen molar-refractivity contribution in [1.29, 1.82) is 0 Å². The van der Waals surface area contributed by atoms with Crippen molar-refractivity contribution >= 4 is 5.82 Å². The van der Waals surface area contributed by atoms with Crippen LogP contribution in [0.2, 0.25) is 0 Å². The predicted octanol–water partition coefficient (Wildman–Crippen LogP) is 1.21. The van der Waals surface area contributed by atoms with Gasteiger partial charge in [-0.3, -0.25) is 4.57 Å². The van der Waals surface area contributed by atoms with E-state index in [1.54, 1.807) is 23.7 Å². The third-order valence-corrected chi connectivity index (χ3v) is 5.51. The van der Waals surface area contributed by atoms with Crippen LogP contribution in [0.4, 0.5) is 5.82 Å². The summed E-state index contributed by atoms with van der Waals surface area (Å²) in [6.45, 7) is 9.23. The number of nitrogens with one attached hydrogen (secondary N) is 2. The molecular weight excluding hydrogens is 356 g/mol. The number of hydrogen-bond acceptors (Lipinski definition) is 5. The van der Waals surface area contributed by atoms with E-state index >= 15 is 0 Å². The Kier molecular flexibility index (Phi) is 6.57. The van der Waals surface area contributed by atoms with Crippen LogP contribution >= 0.6 is 0 Å². The Balaban J connectivity index is 1.84. The number of ether oxygens (including phenoxy) is 2. The molecule has 3 rings (SSSR count). The second kappa shape index (κ2) is 9.10. The smallest absolute Gasteiger partial charge is 0.349 e. The minimum Gasteiger partial charge on any atom is -0.493 e. The number of fused-ring (bicyclic) bond motifs is 3. The number of quaternary nitrogens is 1. The molecule has 0 spiro atoms. The van der Waals surface area contributed by atoms with Gasteiger partial charge in [-0.2, -0.15) is 4.98 Å². The SMILES string of the molecule is CC[NH+](CC)CCCNc1cc2n(c(=O)n1)CCc1cc(OC)c(OC)cc1-2. The molecule has 0 amide bonds. The van der Waals surface area contributed by atoms with Gasteiger partial charge in [0, 0.05) is 31.1 Å². The van der Waals surface area contributed by atoms with E-state index in [0.717, 1.165) is 55.8 Å². The standard InChI is InChI=1S/C21H30N4O3/c1-5-24(6-2)10-7-9-22-20-14-17-16-13-19(28-4)18(27-3)12-15(16)8-11-25(17)21(26)23-20/h12-14H,5-11H2,1-4H3,(H,22,23,26)/p+1. The fourth-order valence-electron chi connectivity index (χ4n) is 3.79. The van der Waals surface area contributed by atoms with Gasteiger partial charge >= 0.3 is 5.69 Å². The Bertz CT molecular complexity index is 875. The van der Waals surface area contributed by atoms with E-state index in [2.05, 4.69) is 24.1 Å². The highest BCUT2D eigenvalue weighted by molar-refractivity contribution is 5.71. The van der Waals surface area contributed by atoms with Crippen LogP contribution in [-0.4, -0.2) is 49.9 Å². The highest BCUT2D eigenvalue weighted by atomic mass is 16.5. The molecule has 1 aromatic heterocycles. The molecule has 0 fully saturated rings. The minimum absolute atomic E-state index is 0.213.